The molecule has 26 heavy (non-hydrogen) atoms. The Morgan fingerprint density at radius 3 is 2.50 bits per heavy atom. The minimum atomic E-state index is -0.603. The summed E-state index contributed by atoms with van der Waals surface area (Å²) in [4.78, 5) is 19.1. The van der Waals surface area contributed by atoms with Gasteiger partial charge in [0, 0.05) is 23.6 Å². The molecule has 126 valence electrons. The van der Waals surface area contributed by atoms with Crippen LogP contribution in [-0.4, -0.2) is 19.6 Å². The third kappa shape index (κ3) is 2.32. The molecule has 0 atom stereocenters. The normalized spacial score (nSPS) is 10.8. The molecule has 7 heteroatoms. The summed E-state index contributed by atoms with van der Waals surface area (Å²) in [5.41, 5.74) is 1.92. The van der Waals surface area contributed by atoms with Crippen molar-refractivity contribution in [3.63, 3.8) is 0 Å². The van der Waals surface area contributed by atoms with Crippen molar-refractivity contribution in [1.29, 1.82) is 5.26 Å². The molecular formula is C19H11FN4O2. The molecule has 0 aliphatic heterocycles. The molecule has 6 nitrogen and oxygen atoms in total. The van der Waals surface area contributed by atoms with Gasteiger partial charge in [-0.1, -0.05) is 12.1 Å². The van der Waals surface area contributed by atoms with E-state index in [9.17, 15) is 19.6 Å². The van der Waals surface area contributed by atoms with Crippen molar-refractivity contribution < 1.29 is 9.50 Å². The molecular weight excluding hydrogens is 335 g/mol. The molecule has 3 heterocycles. The fraction of sp³-hybridized carbons (Fsp3) is 0. The first-order chi connectivity index (χ1) is 12.6. The van der Waals surface area contributed by atoms with E-state index >= 15 is 0 Å². The summed E-state index contributed by atoms with van der Waals surface area (Å²) in [7, 11) is 0. The number of pyridine rings is 2. The van der Waals surface area contributed by atoms with E-state index < -0.39 is 11.5 Å². The number of aromatic amines is 1. The summed E-state index contributed by atoms with van der Waals surface area (Å²) in [6.45, 7) is 0. The number of hydrogen-bond acceptors (Lipinski definition) is 4. The van der Waals surface area contributed by atoms with Crippen LogP contribution in [0.25, 0.3) is 27.8 Å². The molecule has 2 N–H and O–H groups in total. The second-order valence-corrected chi connectivity index (χ2v) is 5.63. The van der Waals surface area contributed by atoms with Crippen molar-refractivity contribution >= 4 is 11.0 Å². The highest BCUT2D eigenvalue weighted by Crippen LogP contribution is 2.27. The maximum Gasteiger partial charge on any atom is 0.277 e. The Hall–Kier alpha value is -3.92. The van der Waals surface area contributed by atoms with Crippen LogP contribution in [0.1, 0.15) is 5.56 Å². The zero-order valence-corrected chi connectivity index (χ0v) is 13.3. The van der Waals surface area contributed by atoms with Gasteiger partial charge in [-0.05, 0) is 35.9 Å². The van der Waals surface area contributed by atoms with Gasteiger partial charge in [-0.15, -0.1) is 0 Å². The first-order valence-electron chi connectivity index (χ1n) is 7.67. The third-order valence-corrected chi connectivity index (χ3v) is 4.15. The number of H-pyrrole nitrogens is 1. The molecule has 0 fully saturated rings. The second kappa shape index (κ2) is 5.86. The van der Waals surface area contributed by atoms with Crippen LogP contribution < -0.4 is 5.56 Å². The molecule has 4 rings (SSSR count). The highest BCUT2D eigenvalue weighted by atomic mass is 19.1. The fourth-order valence-electron chi connectivity index (χ4n) is 2.89. The minimum absolute atomic E-state index is 0.313. The lowest BCUT2D eigenvalue weighted by molar-refractivity contribution is 0.477. The Kier molecular flexibility index (Phi) is 3.52. The van der Waals surface area contributed by atoms with Crippen LogP contribution in [0, 0.1) is 17.3 Å². The van der Waals surface area contributed by atoms with Gasteiger partial charge in [0.15, 0.2) is 11.3 Å². The molecule has 0 aliphatic carbocycles. The Balaban J connectivity index is 1.89. The Labute approximate surface area is 146 Å². The summed E-state index contributed by atoms with van der Waals surface area (Å²) in [6.07, 6.45) is 3.01. The van der Waals surface area contributed by atoms with Crippen molar-refractivity contribution in [2.24, 2.45) is 0 Å². The Morgan fingerprint density at radius 1 is 1.12 bits per heavy atom. The van der Waals surface area contributed by atoms with Crippen LogP contribution in [0.2, 0.25) is 0 Å². The highest BCUT2D eigenvalue weighted by molar-refractivity contribution is 5.85. The summed E-state index contributed by atoms with van der Waals surface area (Å²) in [6, 6.07) is 13.3. The summed E-state index contributed by atoms with van der Waals surface area (Å²) in [5, 5.41) is 19.3. The first-order valence-corrected chi connectivity index (χ1v) is 7.67. The van der Waals surface area contributed by atoms with Crippen LogP contribution in [0.15, 0.2) is 59.7 Å². The Morgan fingerprint density at radius 2 is 1.85 bits per heavy atom. The molecule has 0 saturated heterocycles. The molecule has 0 spiro atoms. The smallest absolute Gasteiger partial charge is 0.277 e. The van der Waals surface area contributed by atoms with Gasteiger partial charge in [0.25, 0.3) is 5.56 Å². The molecule has 0 saturated carbocycles. The summed E-state index contributed by atoms with van der Waals surface area (Å²) in [5.74, 6) is -0.914. The van der Waals surface area contributed by atoms with E-state index in [0.717, 1.165) is 11.1 Å². The van der Waals surface area contributed by atoms with Crippen molar-refractivity contribution in [3.05, 3.63) is 76.7 Å². The number of hydrogen-bond donors (Lipinski definition) is 2. The van der Waals surface area contributed by atoms with Crippen molar-refractivity contribution in [2.45, 2.75) is 0 Å². The summed E-state index contributed by atoms with van der Waals surface area (Å²) >= 11 is 0. The maximum absolute atomic E-state index is 13.0. The van der Waals surface area contributed by atoms with Gasteiger partial charge >= 0.3 is 0 Å². The molecule has 0 bridgehead atoms. The predicted octanol–water partition coefficient (Wildman–Crippen LogP) is 3.10. The molecule has 4 aromatic rings. The average molecular weight is 346 g/mol. The number of halogens is 1. The third-order valence-electron chi connectivity index (χ3n) is 4.15. The lowest BCUT2D eigenvalue weighted by atomic mass is 10.1. The van der Waals surface area contributed by atoms with E-state index in [1.54, 1.807) is 48.7 Å². The van der Waals surface area contributed by atoms with E-state index in [1.165, 1.54) is 16.8 Å². The van der Waals surface area contributed by atoms with Gasteiger partial charge in [0.2, 0.25) is 5.95 Å². The average Bonchev–Trinajstić information content (AvgIpc) is 3.13. The van der Waals surface area contributed by atoms with Crippen molar-refractivity contribution in [2.75, 3.05) is 0 Å². The Bertz CT molecular complexity index is 1220. The van der Waals surface area contributed by atoms with Gasteiger partial charge in [0.05, 0.1) is 5.52 Å². The molecule has 0 unspecified atom stereocenters. The lowest BCUT2D eigenvalue weighted by Crippen LogP contribution is -2.21. The van der Waals surface area contributed by atoms with E-state index in [4.69, 9.17) is 0 Å². The van der Waals surface area contributed by atoms with Gasteiger partial charge in [-0.25, -0.2) is 4.98 Å². The summed E-state index contributed by atoms with van der Waals surface area (Å²) < 4.78 is 14.3. The number of nitrogens with zero attached hydrogens (tertiary/aromatic N) is 3. The van der Waals surface area contributed by atoms with Crippen molar-refractivity contribution in [1.82, 2.24) is 14.5 Å². The molecule has 3 aromatic heterocycles. The number of nitrogens with one attached hydrogen (secondary N) is 1. The van der Waals surface area contributed by atoms with E-state index in [0.29, 0.717) is 16.7 Å². The van der Waals surface area contributed by atoms with Crippen molar-refractivity contribution in [3.8, 4) is 28.6 Å². The topological polar surface area (TPSA) is 94.7 Å². The molecule has 0 amide bonds. The highest BCUT2D eigenvalue weighted by Gasteiger charge is 2.18. The van der Waals surface area contributed by atoms with Crippen LogP contribution in [0.4, 0.5) is 4.39 Å². The van der Waals surface area contributed by atoms with Gasteiger partial charge in [-0.2, -0.15) is 9.65 Å². The molecule has 0 aliphatic rings. The molecule has 0 radical (unpaired) electrons. The monoisotopic (exact) mass is 346 g/mol. The number of nitriles is 1. The van der Waals surface area contributed by atoms with Gasteiger partial charge in [-0.3, -0.25) is 9.36 Å². The predicted molar refractivity (Wildman–Crippen MR) is 93.5 cm³/mol. The largest absolute Gasteiger partial charge is 0.504 e. The molecule has 1 aromatic carbocycles. The quantitative estimate of drug-likeness (QED) is 0.545. The number of aromatic hydroxyl groups is 1. The second-order valence-electron chi connectivity index (χ2n) is 5.63. The number of aromatic nitrogens is 3. The zero-order chi connectivity index (χ0) is 18.3. The van der Waals surface area contributed by atoms with Gasteiger partial charge < -0.3 is 10.1 Å². The van der Waals surface area contributed by atoms with E-state index in [2.05, 4.69) is 9.97 Å². The SMILES string of the molecule is N#Cc1c(O)c2[nH]ccc2n(-c2ccc(-c3ccc(F)nc3)cc2)c1=O. The standard InChI is InChI=1S/C19H11FN4O2/c20-16-6-3-12(10-23-16)11-1-4-13(5-2-11)24-15-7-8-22-17(15)18(25)14(9-21)19(24)26/h1-8,10,22,25H. The van der Waals surface area contributed by atoms with Crippen LogP contribution in [0.5, 0.6) is 5.75 Å². The van der Waals surface area contributed by atoms with Gasteiger partial charge in [0.1, 0.15) is 11.6 Å². The maximum atomic E-state index is 13.0. The fourth-order valence-corrected chi connectivity index (χ4v) is 2.89. The van der Waals surface area contributed by atoms with E-state index in [1.807, 2.05) is 0 Å². The van der Waals surface area contributed by atoms with Crippen LogP contribution in [-0.2, 0) is 0 Å². The first kappa shape index (κ1) is 15.6. The van der Waals surface area contributed by atoms with Crippen LogP contribution >= 0.6 is 0 Å². The number of benzene rings is 1. The number of fused-ring (bicyclic) bond motifs is 1. The number of rotatable bonds is 2. The van der Waals surface area contributed by atoms with E-state index in [-0.39, 0.29) is 11.3 Å². The zero-order valence-electron chi connectivity index (χ0n) is 13.3. The minimum Gasteiger partial charge on any atom is -0.504 e. The lowest BCUT2D eigenvalue weighted by Gasteiger charge is -2.11. The van der Waals surface area contributed by atoms with Crippen LogP contribution in [0.3, 0.4) is 0 Å².